The van der Waals surface area contributed by atoms with Crippen molar-refractivity contribution < 1.29 is 4.74 Å². The van der Waals surface area contributed by atoms with Crippen molar-refractivity contribution in [3.63, 3.8) is 0 Å². The Bertz CT molecular complexity index is 345. The fraction of sp³-hybridized carbons (Fsp3) is 0.615. The Morgan fingerprint density at radius 1 is 1.44 bits per heavy atom. The Morgan fingerprint density at radius 3 is 2.88 bits per heavy atom. The lowest BCUT2D eigenvalue weighted by atomic mass is 9.94. The summed E-state index contributed by atoms with van der Waals surface area (Å²) >= 11 is 0. The van der Waals surface area contributed by atoms with Crippen LogP contribution in [-0.2, 0) is 4.74 Å². The van der Waals surface area contributed by atoms with Gasteiger partial charge in [-0.3, -0.25) is 0 Å². The molecule has 0 saturated carbocycles. The van der Waals surface area contributed by atoms with E-state index in [0.29, 0.717) is 6.04 Å². The molecule has 88 valence electrons. The highest BCUT2D eigenvalue weighted by molar-refractivity contribution is 5.36. The third kappa shape index (κ3) is 2.95. The van der Waals surface area contributed by atoms with E-state index < -0.39 is 0 Å². The van der Waals surface area contributed by atoms with E-state index in [1.165, 1.54) is 5.56 Å². The molecular formula is C13H20N2O. The predicted molar refractivity (Wildman–Crippen MR) is 65.6 cm³/mol. The summed E-state index contributed by atoms with van der Waals surface area (Å²) in [4.78, 5) is 4.37. The highest BCUT2D eigenvalue weighted by Crippen LogP contribution is 2.25. The Balaban J connectivity index is 1.97. The Hall–Kier alpha value is -1.09. The van der Waals surface area contributed by atoms with Crippen molar-refractivity contribution in [3.8, 4) is 0 Å². The van der Waals surface area contributed by atoms with Crippen LogP contribution < -0.4 is 5.32 Å². The average molecular weight is 220 g/mol. The summed E-state index contributed by atoms with van der Waals surface area (Å²) in [7, 11) is 0. The summed E-state index contributed by atoms with van der Waals surface area (Å²) in [5.41, 5.74) is 1.18. The molecule has 1 aromatic rings. The first-order valence-corrected chi connectivity index (χ1v) is 5.88. The van der Waals surface area contributed by atoms with Gasteiger partial charge in [-0.05, 0) is 45.2 Å². The molecule has 0 amide bonds. The number of nitrogens with zero attached hydrogens (tertiary/aromatic N) is 1. The number of pyridine rings is 1. The minimum atomic E-state index is -0.0133. The van der Waals surface area contributed by atoms with E-state index in [0.717, 1.165) is 25.3 Å². The second-order valence-electron chi connectivity index (χ2n) is 5.16. The van der Waals surface area contributed by atoms with Gasteiger partial charge in [0.15, 0.2) is 0 Å². The van der Waals surface area contributed by atoms with Gasteiger partial charge < -0.3 is 10.1 Å². The smallest absolute Gasteiger partial charge is 0.126 e. The molecule has 1 fully saturated rings. The lowest BCUT2D eigenvalue weighted by molar-refractivity contribution is -0.0553. The number of hydrogen-bond donors (Lipinski definition) is 1. The lowest BCUT2D eigenvalue weighted by Gasteiger charge is -2.36. The van der Waals surface area contributed by atoms with E-state index in [9.17, 15) is 0 Å². The molecule has 1 aromatic heterocycles. The molecule has 2 rings (SSSR count). The number of aryl methyl sites for hydroxylation is 1. The van der Waals surface area contributed by atoms with Gasteiger partial charge in [0.25, 0.3) is 0 Å². The molecular weight excluding hydrogens is 200 g/mol. The molecule has 1 aliphatic heterocycles. The van der Waals surface area contributed by atoms with Crippen LogP contribution in [0.4, 0.5) is 5.82 Å². The van der Waals surface area contributed by atoms with Crippen molar-refractivity contribution in [1.82, 2.24) is 4.98 Å². The predicted octanol–water partition coefficient (Wildman–Crippen LogP) is 2.76. The van der Waals surface area contributed by atoms with Crippen LogP contribution >= 0.6 is 0 Å². The second kappa shape index (κ2) is 4.42. The molecule has 0 aromatic carbocycles. The van der Waals surface area contributed by atoms with E-state index in [1.807, 2.05) is 19.2 Å². The second-order valence-corrected chi connectivity index (χ2v) is 5.16. The van der Waals surface area contributed by atoms with E-state index in [-0.39, 0.29) is 5.60 Å². The van der Waals surface area contributed by atoms with Gasteiger partial charge in [0.2, 0.25) is 0 Å². The first-order chi connectivity index (χ1) is 7.55. The monoisotopic (exact) mass is 220 g/mol. The van der Waals surface area contributed by atoms with Crippen molar-refractivity contribution in [1.29, 1.82) is 0 Å². The SMILES string of the molecule is Cc1ccc(NC2CCOC(C)(C)C2)nc1. The van der Waals surface area contributed by atoms with Crippen LogP contribution in [0.2, 0.25) is 0 Å². The molecule has 0 aliphatic carbocycles. The maximum absolute atomic E-state index is 5.69. The highest BCUT2D eigenvalue weighted by atomic mass is 16.5. The number of rotatable bonds is 2. The zero-order valence-corrected chi connectivity index (χ0v) is 10.3. The summed E-state index contributed by atoms with van der Waals surface area (Å²) in [5.74, 6) is 0.966. The van der Waals surface area contributed by atoms with Gasteiger partial charge in [0, 0.05) is 18.8 Å². The fourth-order valence-electron chi connectivity index (χ4n) is 2.12. The molecule has 1 atom stereocenters. The molecule has 0 radical (unpaired) electrons. The molecule has 3 heteroatoms. The van der Waals surface area contributed by atoms with Crippen LogP contribution in [0.5, 0.6) is 0 Å². The van der Waals surface area contributed by atoms with Crippen LogP contribution in [-0.4, -0.2) is 23.2 Å². The van der Waals surface area contributed by atoms with Crippen molar-refractivity contribution in [2.45, 2.75) is 45.3 Å². The summed E-state index contributed by atoms with van der Waals surface area (Å²) < 4.78 is 5.69. The molecule has 0 bridgehead atoms. The van der Waals surface area contributed by atoms with Crippen LogP contribution in [0, 0.1) is 6.92 Å². The largest absolute Gasteiger partial charge is 0.375 e. The summed E-state index contributed by atoms with van der Waals surface area (Å²) in [6.07, 6.45) is 3.98. The number of nitrogens with one attached hydrogen (secondary N) is 1. The summed E-state index contributed by atoms with van der Waals surface area (Å²) in [6.45, 7) is 7.16. The minimum absolute atomic E-state index is 0.0133. The molecule has 1 N–H and O–H groups in total. The van der Waals surface area contributed by atoms with Gasteiger partial charge >= 0.3 is 0 Å². The van der Waals surface area contributed by atoms with Crippen LogP contribution in [0.3, 0.4) is 0 Å². The molecule has 0 spiro atoms. The lowest BCUT2D eigenvalue weighted by Crippen LogP contribution is -2.40. The molecule has 1 aliphatic rings. The van der Waals surface area contributed by atoms with Gasteiger partial charge in [-0.1, -0.05) is 6.07 Å². The van der Waals surface area contributed by atoms with E-state index in [4.69, 9.17) is 4.74 Å². The van der Waals surface area contributed by atoms with Gasteiger partial charge in [0.05, 0.1) is 5.60 Å². The number of anilines is 1. The van der Waals surface area contributed by atoms with Crippen molar-refractivity contribution >= 4 is 5.82 Å². The van der Waals surface area contributed by atoms with Crippen molar-refractivity contribution in [2.24, 2.45) is 0 Å². The van der Waals surface area contributed by atoms with Crippen LogP contribution in [0.1, 0.15) is 32.3 Å². The molecule has 16 heavy (non-hydrogen) atoms. The van der Waals surface area contributed by atoms with Crippen LogP contribution in [0.25, 0.3) is 0 Å². The molecule has 3 nitrogen and oxygen atoms in total. The van der Waals surface area contributed by atoms with E-state index in [1.54, 1.807) is 0 Å². The topological polar surface area (TPSA) is 34.1 Å². The third-order valence-corrected chi connectivity index (χ3v) is 2.96. The zero-order chi connectivity index (χ0) is 11.6. The quantitative estimate of drug-likeness (QED) is 0.832. The normalized spacial score (nSPS) is 24.1. The van der Waals surface area contributed by atoms with E-state index in [2.05, 4.69) is 30.2 Å². The summed E-state index contributed by atoms with van der Waals surface area (Å²) in [6, 6.07) is 4.59. The Kier molecular flexibility index (Phi) is 3.15. The standard InChI is InChI=1S/C13H20N2O/c1-10-4-5-12(14-9-10)15-11-6-7-16-13(2,3)8-11/h4-5,9,11H,6-8H2,1-3H3,(H,14,15). The number of hydrogen-bond acceptors (Lipinski definition) is 3. The number of aromatic nitrogens is 1. The summed E-state index contributed by atoms with van der Waals surface area (Å²) in [5, 5.41) is 3.47. The average Bonchev–Trinajstić information content (AvgIpc) is 2.20. The first-order valence-electron chi connectivity index (χ1n) is 5.88. The molecule has 1 saturated heterocycles. The molecule has 1 unspecified atom stereocenters. The van der Waals surface area contributed by atoms with Crippen LogP contribution in [0.15, 0.2) is 18.3 Å². The highest BCUT2D eigenvalue weighted by Gasteiger charge is 2.28. The first kappa shape index (κ1) is 11.4. The van der Waals surface area contributed by atoms with E-state index >= 15 is 0 Å². The Morgan fingerprint density at radius 2 is 2.25 bits per heavy atom. The number of ether oxygens (including phenoxy) is 1. The zero-order valence-electron chi connectivity index (χ0n) is 10.3. The van der Waals surface area contributed by atoms with Crippen molar-refractivity contribution in [2.75, 3.05) is 11.9 Å². The third-order valence-electron chi connectivity index (χ3n) is 2.96. The van der Waals surface area contributed by atoms with Gasteiger partial charge in [0.1, 0.15) is 5.82 Å². The van der Waals surface area contributed by atoms with Gasteiger partial charge in [-0.2, -0.15) is 0 Å². The maximum atomic E-state index is 5.69. The Labute approximate surface area is 97.2 Å². The molecule has 2 heterocycles. The fourth-order valence-corrected chi connectivity index (χ4v) is 2.12. The van der Waals surface area contributed by atoms with Gasteiger partial charge in [-0.25, -0.2) is 4.98 Å². The minimum Gasteiger partial charge on any atom is -0.375 e. The van der Waals surface area contributed by atoms with Crippen molar-refractivity contribution in [3.05, 3.63) is 23.9 Å². The van der Waals surface area contributed by atoms with Gasteiger partial charge in [-0.15, -0.1) is 0 Å². The maximum Gasteiger partial charge on any atom is 0.126 e.